The first-order chi connectivity index (χ1) is 9.97. The molecule has 0 amide bonds. The van der Waals surface area contributed by atoms with E-state index in [1.165, 1.54) is 0 Å². The van der Waals surface area contributed by atoms with Gasteiger partial charge in [-0.2, -0.15) is 0 Å². The Bertz CT molecular complexity index is 259. The minimum absolute atomic E-state index is 0.457. The van der Waals surface area contributed by atoms with Gasteiger partial charge in [0, 0.05) is 0 Å². The minimum atomic E-state index is -3.25. The van der Waals surface area contributed by atoms with Crippen molar-refractivity contribution in [2.24, 2.45) is 0 Å². The van der Waals surface area contributed by atoms with Crippen molar-refractivity contribution in [2.45, 2.75) is 58.3 Å². The predicted octanol–water partition coefficient (Wildman–Crippen LogP) is 2.67. The van der Waals surface area contributed by atoms with Crippen LogP contribution in [-0.4, -0.2) is 58.0 Å². The first-order valence-electron chi connectivity index (χ1n) is 7.47. The summed E-state index contributed by atoms with van der Waals surface area (Å²) in [5.41, 5.74) is -1.37. The first kappa shape index (κ1) is 22.9. The van der Waals surface area contributed by atoms with Crippen LogP contribution in [0.3, 0.4) is 0 Å². The molecule has 0 heterocycles. The van der Waals surface area contributed by atoms with Crippen LogP contribution in [0.2, 0.25) is 0 Å². The van der Waals surface area contributed by atoms with Crippen molar-refractivity contribution in [1.82, 2.24) is 0 Å². The second-order valence-electron chi connectivity index (χ2n) is 7.22. The predicted molar refractivity (Wildman–Crippen MR) is 81.1 cm³/mol. The molecular weight excluding hydrogens is 365 g/mol. The second-order valence-corrected chi connectivity index (χ2v) is 10.4. The number of ether oxygens (including phenoxy) is 3. The van der Waals surface area contributed by atoms with Crippen LogP contribution in [0.4, 0.5) is 0 Å². The van der Waals surface area contributed by atoms with Crippen LogP contribution in [0.5, 0.6) is 0 Å². The van der Waals surface area contributed by atoms with Crippen molar-refractivity contribution in [1.29, 1.82) is 0 Å². The zero-order chi connectivity index (χ0) is 17.4. The van der Waals surface area contributed by atoms with Gasteiger partial charge in [0.2, 0.25) is 0 Å². The van der Waals surface area contributed by atoms with Crippen molar-refractivity contribution < 1.29 is 49.3 Å². The fraction of sp³-hybridized carbons (Fsp3) is 1.00. The molecule has 0 bridgehead atoms. The molecule has 0 aromatic heterocycles. The summed E-state index contributed by atoms with van der Waals surface area (Å²) in [5.74, 6) is 0. The molecule has 0 aliphatic carbocycles. The van der Waals surface area contributed by atoms with Gasteiger partial charge in [-0.3, -0.25) is 0 Å². The Balaban J connectivity index is 4.98. The molecule has 0 spiro atoms. The van der Waals surface area contributed by atoms with Crippen molar-refractivity contribution in [3.63, 3.8) is 0 Å². The molecule has 0 aromatic rings. The van der Waals surface area contributed by atoms with Gasteiger partial charge in [0.05, 0.1) is 0 Å². The zero-order valence-electron chi connectivity index (χ0n) is 15.6. The van der Waals surface area contributed by atoms with Crippen LogP contribution in [0.15, 0.2) is 0 Å². The summed E-state index contributed by atoms with van der Waals surface area (Å²) < 4.78 is 34.1. The molecule has 0 aliphatic heterocycles. The summed E-state index contributed by atoms with van der Waals surface area (Å²) in [6.45, 7) is 13.3. The van der Waals surface area contributed by atoms with Crippen LogP contribution >= 0.6 is 0 Å². The van der Waals surface area contributed by atoms with Crippen LogP contribution in [0, 0.1) is 0 Å². The normalized spacial score (nSPS) is 13.5. The van der Waals surface area contributed by atoms with E-state index in [1.807, 2.05) is 41.5 Å². The van der Waals surface area contributed by atoms with Crippen LogP contribution in [-0.2, 0) is 49.3 Å². The molecule has 0 aromatic carbocycles. The number of rotatable bonds is 12. The van der Waals surface area contributed by atoms with Crippen LogP contribution < -0.4 is 0 Å². The van der Waals surface area contributed by atoms with Crippen molar-refractivity contribution in [3.8, 4) is 0 Å². The van der Waals surface area contributed by atoms with E-state index >= 15 is 0 Å². The second kappa shape index (κ2) is 9.99. The third-order valence-electron chi connectivity index (χ3n) is 2.72. The van der Waals surface area contributed by atoms with Crippen LogP contribution in [0.1, 0.15) is 41.5 Å². The molecule has 0 fully saturated rings. The van der Waals surface area contributed by atoms with E-state index in [2.05, 4.69) is 0 Å². The third kappa shape index (κ3) is 10.6. The Morgan fingerprint density at radius 3 is 0.955 bits per heavy atom. The first-order valence-corrected chi connectivity index (χ1v) is 10.9. The fourth-order valence-corrected chi connectivity index (χ4v) is 6.70. The van der Waals surface area contributed by atoms with Gasteiger partial charge in [-0.05, 0) is 0 Å². The summed E-state index contributed by atoms with van der Waals surface area (Å²) >= 11 is -3.25. The van der Waals surface area contributed by atoms with E-state index < -0.39 is 45.8 Å². The molecule has 0 saturated heterocycles. The molecule has 0 aliphatic rings. The zero-order valence-corrected chi connectivity index (χ0v) is 18.5. The molecule has 22 heavy (non-hydrogen) atoms. The van der Waals surface area contributed by atoms with E-state index in [1.54, 1.807) is 21.3 Å². The molecule has 0 atom stereocenters. The van der Waals surface area contributed by atoms with Gasteiger partial charge < -0.3 is 0 Å². The Kier molecular flexibility index (Phi) is 10.4. The van der Waals surface area contributed by atoms with E-state index in [4.69, 9.17) is 20.4 Å². The third-order valence-corrected chi connectivity index (χ3v) is 8.85. The average Bonchev–Trinajstić information content (AvgIpc) is 2.25. The van der Waals surface area contributed by atoms with Gasteiger partial charge in [0.15, 0.2) is 0 Å². The molecule has 6 nitrogen and oxygen atoms in total. The van der Waals surface area contributed by atoms with Crippen molar-refractivity contribution >= 4 is 0 Å². The monoisotopic (exact) mass is 398 g/mol. The maximum absolute atomic E-state index is 6.17. The Morgan fingerprint density at radius 1 is 0.545 bits per heavy atom. The summed E-state index contributed by atoms with van der Waals surface area (Å²) in [6, 6.07) is 0. The summed E-state index contributed by atoms with van der Waals surface area (Å²) in [4.78, 5) is 0. The van der Waals surface area contributed by atoms with Gasteiger partial charge in [-0.15, -0.1) is 0 Å². The topological polar surface area (TPSA) is 55.4 Å². The van der Waals surface area contributed by atoms with Crippen molar-refractivity contribution in [3.05, 3.63) is 0 Å². The van der Waals surface area contributed by atoms with E-state index in [9.17, 15) is 0 Å². The fourth-order valence-electron chi connectivity index (χ4n) is 2.00. The maximum atomic E-state index is 6.17. The summed E-state index contributed by atoms with van der Waals surface area (Å²) in [6.07, 6.45) is 0. The molecule has 0 unspecified atom stereocenters. The molecular formula is C15H33O6Y. The Hall–Kier alpha value is 0.864. The van der Waals surface area contributed by atoms with Gasteiger partial charge in [0.25, 0.3) is 0 Å². The number of hydrogen-bond acceptors (Lipinski definition) is 6. The number of methoxy groups -OCH3 is 3. The SMILES string of the molecule is COCC(C)(C)[O][Y]([O]C(C)(C)COC)[O]C(C)(C)COC. The Labute approximate surface area is 148 Å². The molecule has 7 heteroatoms. The standard InChI is InChI=1S/3C5H11O2.Y/c3*1-5(2,6)4-7-3;/h3*4H2,1-3H3;/q3*-1;+3. The molecule has 0 radical (unpaired) electrons. The Morgan fingerprint density at radius 2 is 0.773 bits per heavy atom. The van der Waals surface area contributed by atoms with Gasteiger partial charge >= 0.3 is 149 Å². The summed E-state index contributed by atoms with van der Waals surface area (Å²) in [7, 11) is 4.96. The number of hydrogen-bond donors (Lipinski definition) is 0. The molecule has 132 valence electrons. The van der Waals surface area contributed by atoms with Gasteiger partial charge in [-0.25, -0.2) is 0 Å². The summed E-state index contributed by atoms with van der Waals surface area (Å²) in [5, 5.41) is 0. The molecule has 0 rings (SSSR count). The van der Waals surface area contributed by atoms with Crippen molar-refractivity contribution in [2.75, 3.05) is 41.2 Å². The van der Waals surface area contributed by atoms with E-state index in [0.717, 1.165) is 0 Å². The quantitative estimate of drug-likeness (QED) is 0.504. The van der Waals surface area contributed by atoms with E-state index in [-0.39, 0.29) is 0 Å². The van der Waals surface area contributed by atoms with Gasteiger partial charge in [-0.1, -0.05) is 0 Å². The molecule has 0 N–H and O–H groups in total. The average molecular weight is 398 g/mol. The molecule has 0 saturated carbocycles. The van der Waals surface area contributed by atoms with E-state index in [0.29, 0.717) is 19.8 Å². The van der Waals surface area contributed by atoms with Gasteiger partial charge in [0.1, 0.15) is 0 Å². The van der Waals surface area contributed by atoms with Crippen LogP contribution in [0.25, 0.3) is 0 Å².